The minimum atomic E-state index is -0.0352. The van der Waals surface area contributed by atoms with Gasteiger partial charge in [-0.3, -0.25) is 9.78 Å². The van der Waals surface area contributed by atoms with Gasteiger partial charge in [0.1, 0.15) is 17.7 Å². The summed E-state index contributed by atoms with van der Waals surface area (Å²) in [4.78, 5) is 22.4. The zero-order valence-electron chi connectivity index (χ0n) is 12.9. The average Bonchev–Trinajstić information content (AvgIpc) is 2.54. The van der Waals surface area contributed by atoms with Crippen LogP contribution in [-0.4, -0.2) is 33.7 Å². The quantitative estimate of drug-likeness (QED) is 0.860. The van der Waals surface area contributed by atoms with E-state index in [1.165, 1.54) is 0 Å². The van der Waals surface area contributed by atoms with E-state index < -0.39 is 0 Å². The molecule has 0 amide bonds. The van der Waals surface area contributed by atoms with E-state index in [4.69, 9.17) is 4.74 Å². The lowest BCUT2D eigenvalue weighted by Crippen LogP contribution is -2.38. The molecule has 1 saturated heterocycles. The lowest BCUT2D eigenvalue weighted by atomic mass is 10.1. The molecule has 2 aromatic rings. The van der Waals surface area contributed by atoms with Gasteiger partial charge in [-0.25, -0.2) is 4.98 Å². The molecule has 116 valence electrons. The van der Waals surface area contributed by atoms with E-state index in [-0.39, 0.29) is 11.7 Å². The van der Waals surface area contributed by atoms with Crippen LogP contribution in [0.4, 0.5) is 5.82 Å². The molecule has 1 aliphatic rings. The summed E-state index contributed by atoms with van der Waals surface area (Å²) in [6.07, 6.45) is 7.12. The van der Waals surface area contributed by atoms with Crippen molar-refractivity contribution in [2.75, 3.05) is 18.0 Å². The summed E-state index contributed by atoms with van der Waals surface area (Å²) >= 11 is 0. The van der Waals surface area contributed by atoms with Crippen LogP contribution in [0.1, 0.15) is 18.5 Å². The summed E-state index contributed by atoms with van der Waals surface area (Å²) in [6.45, 7) is 3.67. The van der Waals surface area contributed by atoms with Gasteiger partial charge in [-0.15, -0.1) is 0 Å². The fraction of sp³-hybridized carbons (Fsp3) is 0.438. The molecule has 0 spiro atoms. The number of hydrogen-bond acceptors (Lipinski definition) is 5. The van der Waals surface area contributed by atoms with Crippen LogP contribution < -0.4 is 15.2 Å². The number of nitrogens with zero attached hydrogens (tertiary/aromatic N) is 4. The summed E-state index contributed by atoms with van der Waals surface area (Å²) in [5.41, 5.74) is 0.867. The van der Waals surface area contributed by atoms with Gasteiger partial charge in [-0.1, -0.05) is 0 Å². The third-order valence-electron chi connectivity index (χ3n) is 4.09. The number of anilines is 1. The predicted molar refractivity (Wildman–Crippen MR) is 84.3 cm³/mol. The molecule has 0 aromatic carbocycles. The van der Waals surface area contributed by atoms with Crippen LogP contribution in [0.3, 0.4) is 0 Å². The number of ether oxygens (including phenoxy) is 1. The third kappa shape index (κ3) is 3.10. The van der Waals surface area contributed by atoms with Crippen LogP contribution in [0.15, 0.2) is 35.5 Å². The van der Waals surface area contributed by atoms with Gasteiger partial charge in [0, 0.05) is 57.1 Å². The highest BCUT2D eigenvalue weighted by Crippen LogP contribution is 2.21. The number of piperidine rings is 1. The summed E-state index contributed by atoms with van der Waals surface area (Å²) < 4.78 is 7.59. The van der Waals surface area contributed by atoms with Crippen LogP contribution in [0.25, 0.3) is 0 Å². The average molecular weight is 300 g/mol. The van der Waals surface area contributed by atoms with Crippen molar-refractivity contribution in [2.24, 2.45) is 7.05 Å². The number of pyridine rings is 1. The van der Waals surface area contributed by atoms with Crippen molar-refractivity contribution in [3.05, 3.63) is 46.8 Å². The number of aryl methyl sites for hydroxylation is 1. The molecule has 6 nitrogen and oxygen atoms in total. The smallest absolute Gasteiger partial charge is 0.254 e. The normalized spacial score (nSPS) is 15.8. The van der Waals surface area contributed by atoms with Gasteiger partial charge >= 0.3 is 0 Å². The van der Waals surface area contributed by atoms with Crippen LogP contribution in [0.2, 0.25) is 0 Å². The van der Waals surface area contributed by atoms with E-state index in [1.54, 1.807) is 36.3 Å². The minimum Gasteiger partial charge on any atom is -0.490 e. The number of hydrogen-bond donors (Lipinski definition) is 0. The van der Waals surface area contributed by atoms with Gasteiger partial charge in [-0.05, 0) is 13.0 Å². The highest BCUT2D eigenvalue weighted by atomic mass is 16.5. The fourth-order valence-electron chi connectivity index (χ4n) is 2.65. The Morgan fingerprint density at radius 1 is 1.23 bits per heavy atom. The molecule has 3 rings (SSSR count). The summed E-state index contributed by atoms with van der Waals surface area (Å²) in [7, 11) is 1.76. The zero-order chi connectivity index (χ0) is 15.5. The summed E-state index contributed by atoms with van der Waals surface area (Å²) in [6, 6.07) is 3.47. The SMILES string of the molecule is Cc1cc(OC2CCN(c3cnccn3)CC2)cc(=O)n1C. The molecule has 0 bridgehead atoms. The Balaban J connectivity index is 1.62. The first kappa shape index (κ1) is 14.6. The van der Waals surface area contributed by atoms with E-state index in [0.29, 0.717) is 5.75 Å². The van der Waals surface area contributed by atoms with Crippen LogP contribution in [-0.2, 0) is 7.05 Å². The molecule has 0 N–H and O–H groups in total. The molecule has 0 unspecified atom stereocenters. The molecule has 0 radical (unpaired) electrons. The van der Waals surface area contributed by atoms with Gasteiger partial charge in [0.25, 0.3) is 5.56 Å². The second-order valence-corrected chi connectivity index (χ2v) is 5.60. The Morgan fingerprint density at radius 3 is 2.64 bits per heavy atom. The van der Waals surface area contributed by atoms with Crippen molar-refractivity contribution in [2.45, 2.75) is 25.9 Å². The van der Waals surface area contributed by atoms with Gasteiger partial charge in [-0.2, -0.15) is 0 Å². The molecule has 3 heterocycles. The van der Waals surface area contributed by atoms with E-state index in [9.17, 15) is 4.79 Å². The van der Waals surface area contributed by atoms with E-state index in [1.807, 2.05) is 13.0 Å². The van der Waals surface area contributed by atoms with Crippen LogP contribution in [0.5, 0.6) is 5.75 Å². The standard InChI is InChI=1S/C16H20N4O2/c1-12-9-14(10-16(21)19(12)2)22-13-3-7-20(8-4-13)15-11-17-5-6-18-15/h5-6,9-11,13H,3-4,7-8H2,1-2H3. The van der Waals surface area contributed by atoms with Crippen molar-refractivity contribution >= 4 is 5.82 Å². The van der Waals surface area contributed by atoms with Crippen LogP contribution in [0, 0.1) is 6.92 Å². The van der Waals surface area contributed by atoms with Crippen molar-refractivity contribution in [1.29, 1.82) is 0 Å². The second-order valence-electron chi connectivity index (χ2n) is 5.60. The largest absolute Gasteiger partial charge is 0.490 e. The molecule has 0 saturated carbocycles. The van der Waals surface area contributed by atoms with Crippen molar-refractivity contribution in [3.63, 3.8) is 0 Å². The molecule has 6 heteroatoms. The summed E-state index contributed by atoms with van der Waals surface area (Å²) in [5.74, 6) is 1.57. The molecular weight excluding hydrogens is 280 g/mol. The Bertz CT molecular complexity index is 691. The molecule has 22 heavy (non-hydrogen) atoms. The number of rotatable bonds is 3. The molecule has 0 atom stereocenters. The van der Waals surface area contributed by atoms with Gasteiger partial charge < -0.3 is 14.2 Å². The Labute approximate surface area is 129 Å². The molecule has 2 aromatic heterocycles. The first-order valence-corrected chi connectivity index (χ1v) is 7.49. The number of aromatic nitrogens is 3. The molecule has 1 aliphatic heterocycles. The Hall–Kier alpha value is -2.37. The molecule has 1 fully saturated rings. The monoisotopic (exact) mass is 300 g/mol. The maximum atomic E-state index is 11.8. The zero-order valence-corrected chi connectivity index (χ0v) is 12.9. The lowest BCUT2D eigenvalue weighted by Gasteiger charge is -2.32. The maximum Gasteiger partial charge on any atom is 0.254 e. The minimum absolute atomic E-state index is 0.0352. The first-order valence-electron chi connectivity index (χ1n) is 7.49. The van der Waals surface area contributed by atoms with E-state index in [0.717, 1.165) is 37.4 Å². The molecule has 0 aliphatic carbocycles. The van der Waals surface area contributed by atoms with Crippen molar-refractivity contribution < 1.29 is 4.74 Å². The third-order valence-corrected chi connectivity index (χ3v) is 4.09. The summed E-state index contributed by atoms with van der Waals surface area (Å²) in [5, 5.41) is 0. The predicted octanol–water partition coefficient (Wildman–Crippen LogP) is 1.53. The fourth-order valence-corrected chi connectivity index (χ4v) is 2.65. The molecular formula is C16H20N4O2. The topological polar surface area (TPSA) is 60.2 Å². The van der Waals surface area contributed by atoms with Gasteiger partial charge in [0.15, 0.2) is 0 Å². The van der Waals surface area contributed by atoms with Crippen LogP contribution >= 0.6 is 0 Å². The Kier molecular flexibility index (Phi) is 4.09. The Morgan fingerprint density at radius 2 is 2.00 bits per heavy atom. The highest BCUT2D eigenvalue weighted by molar-refractivity contribution is 5.35. The maximum absolute atomic E-state index is 11.8. The second kappa shape index (κ2) is 6.17. The van der Waals surface area contributed by atoms with E-state index >= 15 is 0 Å². The van der Waals surface area contributed by atoms with E-state index in [2.05, 4.69) is 14.9 Å². The lowest BCUT2D eigenvalue weighted by molar-refractivity contribution is 0.170. The van der Waals surface area contributed by atoms with Gasteiger partial charge in [0.2, 0.25) is 0 Å². The van der Waals surface area contributed by atoms with Gasteiger partial charge in [0.05, 0.1) is 6.20 Å². The highest BCUT2D eigenvalue weighted by Gasteiger charge is 2.21. The first-order chi connectivity index (χ1) is 10.6. The van der Waals surface area contributed by atoms with Crippen molar-refractivity contribution in [1.82, 2.24) is 14.5 Å². The van der Waals surface area contributed by atoms with Crippen molar-refractivity contribution in [3.8, 4) is 5.75 Å².